The Hall–Kier alpha value is -0.530. The summed E-state index contributed by atoms with van der Waals surface area (Å²) in [5.41, 5.74) is 0. The topological polar surface area (TPSA) is 107 Å². The SMILES string of the molecule is CCCCCCCCCCCCOCC(=O)[C@H](O)[C@@H](O)[C@H](O)CO. The molecular weight excluding hydrogens is 312 g/mol. The lowest BCUT2D eigenvalue weighted by molar-refractivity contribution is -0.144. The van der Waals surface area contributed by atoms with Gasteiger partial charge in [0, 0.05) is 6.61 Å². The normalized spacial score (nSPS) is 15.2. The van der Waals surface area contributed by atoms with Crippen LogP contribution in [0.2, 0.25) is 0 Å². The molecule has 0 rings (SSSR count). The molecule has 4 N–H and O–H groups in total. The molecular formula is C18H36O6. The molecule has 0 heterocycles. The fraction of sp³-hybridized carbons (Fsp3) is 0.944. The van der Waals surface area contributed by atoms with Gasteiger partial charge in [0.2, 0.25) is 0 Å². The second-order valence-electron chi connectivity index (χ2n) is 6.39. The first-order chi connectivity index (χ1) is 11.5. The minimum atomic E-state index is -1.74. The zero-order chi connectivity index (χ0) is 18.2. The minimum Gasteiger partial charge on any atom is -0.394 e. The highest BCUT2D eigenvalue weighted by molar-refractivity contribution is 5.84. The van der Waals surface area contributed by atoms with Gasteiger partial charge in [-0.25, -0.2) is 0 Å². The van der Waals surface area contributed by atoms with Crippen LogP contribution in [-0.2, 0) is 9.53 Å². The number of Topliss-reactive ketones (excluding diaryl/α,β-unsaturated/α-hetero) is 1. The van der Waals surface area contributed by atoms with Crippen molar-refractivity contribution in [3.63, 3.8) is 0 Å². The van der Waals surface area contributed by atoms with Crippen molar-refractivity contribution in [3.8, 4) is 0 Å². The maximum absolute atomic E-state index is 11.6. The van der Waals surface area contributed by atoms with E-state index in [1.165, 1.54) is 44.9 Å². The van der Waals surface area contributed by atoms with Gasteiger partial charge in [-0.3, -0.25) is 4.79 Å². The number of ether oxygens (including phenoxy) is 1. The van der Waals surface area contributed by atoms with E-state index in [9.17, 15) is 15.0 Å². The summed E-state index contributed by atoms with van der Waals surface area (Å²) in [5.74, 6) is -0.693. The zero-order valence-corrected chi connectivity index (χ0v) is 15.0. The van der Waals surface area contributed by atoms with E-state index in [2.05, 4.69) is 6.92 Å². The van der Waals surface area contributed by atoms with E-state index in [-0.39, 0.29) is 6.61 Å². The molecule has 0 aliphatic heterocycles. The molecule has 0 spiro atoms. The highest BCUT2D eigenvalue weighted by Crippen LogP contribution is 2.10. The largest absolute Gasteiger partial charge is 0.394 e. The Bertz CT molecular complexity index is 297. The van der Waals surface area contributed by atoms with E-state index in [1.54, 1.807) is 0 Å². The van der Waals surface area contributed by atoms with Crippen LogP contribution in [0.4, 0.5) is 0 Å². The third-order valence-electron chi connectivity index (χ3n) is 4.12. The number of aliphatic hydroxyl groups is 4. The molecule has 0 aliphatic carbocycles. The summed E-state index contributed by atoms with van der Waals surface area (Å²) in [6.45, 7) is 1.64. The van der Waals surface area contributed by atoms with Crippen molar-refractivity contribution in [1.82, 2.24) is 0 Å². The molecule has 0 saturated carbocycles. The zero-order valence-electron chi connectivity index (χ0n) is 15.0. The van der Waals surface area contributed by atoms with Crippen LogP contribution in [0.5, 0.6) is 0 Å². The van der Waals surface area contributed by atoms with Crippen LogP contribution in [-0.4, -0.2) is 64.3 Å². The number of rotatable bonds is 17. The number of carbonyl (C=O) groups excluding carboxylic acids is 1. The van der Waals surface area contributed by atoms with Crippen molar-refractivity contribution in [1.29, 1.82) is 0 Å². The predicted molar refractivity (Wildman–Crippen MR) is 92.8 cm³/mol. The van der Waals surface area contributed by atoms with Crippen LogP contribution in [0.1, 0.15) is 71.1 Å². The monoisotopic (exact) mass is 348 g/mol. The molecule has 0 fully saturated rings. The molecule has 6 nitrogen and oxygen atoms in total. The van der Waals surface area contributed by atoms with Gasteiger partial charge >= 0.3 is 0 Å². The second-order valence-corrected chi connectivity index (χ2v) is 6.39. The van der Waals surface area contributed by atoms with E-state index in [1.807, 2.05) is 0 Å². The Labute approximate surface area is 145 Å². The first-order valence-corrected chi connectivity index (χ1v) is 9.30. The predicted octanol–water partition coefficient (Wildman–Crippen LogP) is 1.57. The number of ketones is 1. The number of carbonyl (C=O) groups is 1. The van der Waals surface area contributed by atoms with Crippen LogP contribution in [0.3, 0.4) is 0 Å². The van der Waals surface area contributed by atoms with Crippen molar-refractivity contribution in [2.24, 2.45) is 0 Å². The number of aliphatic hydroxyl groups excluding tert-OH is 4. The van der Waals surface area contributed by atoms with Crippen LogP contribution in [0, 0.1) is 0 Å². The van der Waals surface area contributed by atoms with Crippen LogP contribution in [0.15, 0.2) is 0 Å². The van der Waals surface area contributed by atoms with Gasteiger partial charge in [0.25, 0.3) is 0 Å². The Morgan fingerprint density at radius 3 is 1.88 bits per heavy atom. The lowest BCUT2D eigenvalue weighted by atomic mass is 10.1. The Balaban J connectivity index is 3.45. The fourth-order valence-corrected chi connectivity index (χ4v) is 2.46. The molecule has 0 aromatic carbocycles. The third-order valence-corrected chi connectivity index (χ3v) is 4.12. The molecule has 6 heteroatoms. The molecule has 0 amide bonds. The first-order valence-electron chi connectivity index (χ1n) is 9.30. The summed E-state index contributed by atoms with van der Waals surface area (Å²) in [4.78, 5) is 11.6. The van der Waals surface area contributed by atoms with Gasteiger partial charge in [-0.1, -0.05) is 64.7 Å². The van der Waals surface area contributed by atoms with E-state index >= 15 is 0 Å². The lowest BCUT2D eigenvalue weighted by Gasteiger charge is -2.20. The molecule has 0 saturated heterocycles. The maximum Gasteiger partial charge on any atom is 0.189 e. The lowest BCUT2D eigenvalue weighted by Crippen LogP contribution is -2.45. The standard InChI is InChI=1S/C18H36O6/c1-2-3-4-5-6-7-8-9-10-11-12-24-14-16(21)18(23)17(22)15(20)13-19/h15,17-20,22-23H,2-14H2,1H3/t15-,17+,18+/m1/s1. The van der Waals surface area contributed by atoms with Crippen LogP contribution >= 0.6 is 0 Å². The first kappa shape index (κ1) is 23.5. The molecule has 144 valence electrons. The van der Waals surface area contributed by atoms with Crippen molar-refractivity contribution >= 4 is 5.78 Å². The minimum absolute atomic E-state index is 0.298. The van der Waals surface area contributed by atoms with Crippen molar-refractivity contribution < 1.29 is 30.0 Å². The second kappa shape index (κ2) is 16.0. The molecule has 0 radical (unpaired) electrons. The molecule has 0 aliphatic rings. The van der Waals surface area contributed by atoms with Crippen molar-refractivity contribution in [2.75, 3.05) is 19.8 Å². The third kappa shape index (κ3) is 11.9. The molecule has 24 heavy (non-hydrogen) atoms. The van der Waals surface area contributed by atoms with Gasteiger partial charge in [0.15, 0.2) is 5.78 Å². The van der Waals surface area contributed by atoms with E-state index in [4.69, 9.17) is 14.9 Å². The van der Waals surface area contributed by atoms with Gasteiger partial charge < -0.3 is 25.2 Å². The van der Waals surface area contributed by atoms with Gasteiger partial charge in [-0.05, 0) is 6.42 Å². The summed E-state index contributed by atoms with van der Waals surface area (Å²) in [7, 11) is 0. The molecule has 0 aromatic rings. The summed E-state index contributed by atoms with van der Waals surface area (Å²) in [6, 6.07) is 0. The Morgan fingerprint density at radius 1 is 0.875 bits per heavy atom. The van der Waals surface area contributed by atoms with E-state index in [0.29, 0.717) is 6.61 Å². The number of hydrogen-bond donors (Lipinski definition) is 4. The van der Waals surface area contributed by atoms with Crippen molar-refractivity contribution in [2.45, 2.75) is 89.4 Å². The summed E-state index contributed by atoms with van der Waals surface area (Å²) in [6.07, 6.45) is 7.22. The van der Waals surface area contributed by atoms with Crippen molar-refractivity contribution in [3.05, 3.63) is 0 Å². The smallest absolute Gasteiger partial charge is 0.189 e. The van der Waals surface area contributed by atoms with Gasteiger partial charge in [0.1, 0.15) is 24.9 Å². The van der Waals surface area contributed by atoms with E-state index < -0.39 is 30.7 Å². The molecule has 0 unspecified atom stereocenters. The molecule has 3 atom stereocenters. The summed E-state index contributed by atoms with van der Waals surface area (Å²) >= 11 is 0. The van der Waals surface area contributed by atoms with Gasteiger partial charge in [-0.15, -0.1) is 0 Å². The van der Waals surface area contributed by atoms with E-state index in [0.717, 1.165) is 19.3 Å². The van der Waals surface area contributed by atoms with Crippen LogP contribution in [0.25, 0.3) is 0 Å². The number of hydrogen-bond acceptors (Lipinski definition) is 6. The average Bonchev–Trinajstić information content (AvgIpc) is 2.60. The maximum atomic E-state index is 11.6. The average molecular weight is 348 g/mol. The Morgan fingerprint density at radius 2 is 1.38 bits per heavy atom. The fourth-order valence-electron chi connectivity index (χ4n) is 2.46. The Kier molecular flexibility index (Phi) is 15.6. The number of unbranched alkanes of at least 4 members (excludes halogenated alkanes) is 9. The van der Waals surface area contributed by atoms with Gasteiger partial charge in [-0.2, -0.15) is 0 Å². The van der Waals surface area contributed by atoms with Crippen LogP contribution < -0.4 is 0 Å². The summed E-state index contributed by atoms with van der Waals surface area (Å²) in [5, 5.41) is 36.8. The molecule has 0 bridgehead atoms. The molecule has 0 aromatic heterocycles. The highest BCUT2D eigenvalue weighted by atomic mass is 16.5. The highest BCUT2D eigenvalue weighted by Gasteiger charge is 2.29. The quantitative estimate of drug-likeness (QED) is 0.297. The summed E-state index contributed by atoms with van der Waals surface area (Å²) < 4.78 is 5.19. The van der Waals surface area contributed by atoms with Gasteiger partial charge in [0.05, 0.1) is 6.61 Å².